The second kappa shape index (κ2) is 10.6. The summed E-state index contributed by atoms with van der Waals surface area (Å²) < 4.78 is 32.9. The number of amides is 2. The predicted molar refractivity (Wildman–Crippen MR) is 122 cm³/mol. The van der Waals surface area contributed by atoms with Gasteiger partial charge in [0.15, 0.2) is 6.61 Å². The zero-order valence-corrected chi connectivity index (χ0v) is 18.2. The maximum absolute atomic E-state index is 12.4. The van der Waals surface area contributed by atoms with Crippen molar-refractivity contribution in [3.8, 4) is 5.75 Å². The monoisotopic (exact) mass is 453 g/mol. The molecule has 0 saturated carbocycles. The molecule has 9 heteroatoms. The summed E-state index contributed by atoms with van der Waals surface area (Å²) in [5, 5.41) is 5.31. The van der Waals surface area contributed by atoms with Crippen molar-refractivity contribution in [3.05, 3.63) is 84.4 Å². The van der Waals surface area contributed by atoms with Gasteiger partial charge in [0.05, 0.1) is 4.90 Å². The van der Waals surface area contributed by atoms with Gasteiger partial charge >= 0.3 is 0 Å². The van der Waals surface area contributed by atoms with E-state index in [0.29, 0.717) is 17.1 Å². The van der Waals surface area contributed by atoms with E-state index in [2.05, 4.69) is 15.4 Å². The Balaban J connectivity index is 1.52. The topological polar surface area (TPSA) is 114 Å². The van der Waals surface area contributed by atoms with E-state index in [-0.39, 0.29) is 24.0 Å². The molecule has 0 spiro atoms. The maximum atomic E-state index is 12.4. The molecule has 8 nitrogen and oxygen atoms in total. The van der Waals surface area contributed by atoms with Crippen LogP contribution in [0.2, 0.25) is 0 Å². The Hall–Kier alpha value is -3.69. The number of hydrogen-bond acceptors (Lipinski definition) is 5. The summed E-state index contributed by atoms with van der Waals surface area (Å²) in [5.41, 5.74) is 1.93. The highest BCUT2D eigenvalue weighted by molar-refractivity contribution is 7.89. The number of carbonyl (C=O) groups is 2. The number of nitrogens with one attached hydrogen (secondary N) is 3. The van der Waals surface area contributed by atoms with Crippen molar-refractivity contribution >= 4 is 33.2 Å². The number of rotatable bonds is 9. The van der Waals surface area contributed by atoms with E-state index in [4.69, 9.17) is 4.74 Å². The number of benzene rings is 3. The van der Waals surface area contributed by atoms with Crippen molar-refractivity contribution in [2.24, 2.45) is 0 Å². The van der Waals surface area contributed by atoms with Crippen molar-refractivity contribution in [3.63, 3.8) is 0 Å². The van der Waals surface area contributed by atoms with Gasteiger partial charge < -0.3 is 15.4 Å². The third kappa shape index (κ3) is 6.93. The zero-order chi connectivity index (χ0) is 23.0. The Morgan fingerprint density at radius 3 is 2.16 bits per heavy atom. The normalized spacial score (nSPS) is 10.9. The molecule has 3 aromatic carbocycles. The smallest absolute Gasteiger partial charge is 0.262 e. The van der Waals surface area contributed by atoms with Crippen LogP contribution in [0.15, 0.2) is 83.8 Å². The highest BCUT2D eigenvalue weighted by atomic mass is 32.2. The first kappa shape index (κ1) is 23.0. The van der Waals surface area contributed by atoms with E-state index >= 15 is 0 Å². The van der Waals surface area contributed by atoms with Crippen LogP contribution in [-0.4, -0.2) is 26.8 Å². The highest BCUT2D eigenvalue weighted by Crippen LogP contribution is 2.17. The molecule has 0 atom stereocenters. The first-order valence-corrected chi connectivity index (χ1v) is 11.2. The van der Waals surface area contributed by atoms with Gasteiger partial charge in [-0.2, -0.15) is 0 Å². The molecule has 0 unspecified atom stereocenters. The third-order valence-corrected chi connectivity index (χ3v) is 5.70. The SMILES string of the molecule is CC(=O)Nc1cccc(NC(=O)COc2ccc(S(=O)(=O)NCc3ccccc3)cc2)c1. The summed E-state index contributed by atoms with van der Waals surface area (Å²) >= 11 is 0. The van der Waals surface area contributed by atoms with Gasteiger partial charge in [0.25, 0.3) is 5.91 Å². The van der Waals surface area contributed by atoms with Crippen molar-refractivity contribution in [2.45, 2.75) is 18.4 Å². The molecule has 0 radical (unpaired) electrons. The minimum atomic E-state index is -3.67. The molecule has 0 saturated heterocycles. The molecular weight excluding hydrogens is 430 g/mol. The fraction of sp³-hybridized carbons (Fsp3) is 0.130. The lowest BCUT2D eigenvalue weighted by atomic mass is 10.2. The first-order chi connectivity index (χ1) is 15.3. The van der Waals surface area contributed by atoms with E-state index in [1.165, 1.54) is 31.2 Å². The van der Waals surface area contributed by atoms with Crippen LogP contribution in [0.1, 0.15) is 12.5 Å². The van der Waals surface area contributed by atoms with Crippen LogP contribution in [0.25, 0.3) is 0 Å². The van der Waals surface area contributed by atoms with Gasteiger partial charge in [-0.15, -0.1) is 0 Å². The molecule has 0 aliphatic rings. The van der Waals surface area contributed by atoms with Crippen molar-refractivity contribution in [2.75, 3.05) is 17.2 Å². The molecule has 2 amide bonds. The van der Waals surface area contributed by atoms with Crippen LogP contribution < -0.4 is 20.1 Å². The zero-order valence-electron chi connectivity index (χ0n) is 17.4. The van der Waals surface area contributed by atoms with Crippen LogP contribution in [-0.2, 0) is 26.2 Å². The van der Waals surface area contributed by atoms with Crippen LogP contribution in [0.5, 0.6) is 5.75 Å². The van der Waals surface area contributed by atoms with E-state index < -0.39 is 15.9 Å². The molecule has 0 fully saturated rings. The van der Waals surface area contributed by atoms with Gasteiger partial charge in [-0.25, -0.2) is 13.1 Å². The summed E-state index contributed by atoms with van der Waals surface area (Å²) in [4.78, 5) is 23.4. The molecule has 166 valence electrons. The molecule has 3 rings (SSSR count). The number of carbonyl (C=O) groups excluding carboxylic acids is 2. The lowest BCUT2D eigenvalue weighted by molar-refractivity contribution is -0.118. The third-order valence-electron chi connectivity index (χ3n) is 4.28. The van der Waals surface area contributed by atoms with Crippen LogP contribution >= 0.6 is 0 Å². The maximum Gasteiger partial charge on any atom is 0.262 e. The summed E-state index contributed by atoms with van der Waals surface area (Å²) in [5.74, 6) is -0.252. The molecule has 0 aliphatic heterocycles. The van der Waals surface area contributed by atoms with Gasteiger partial charge in [-0.3, -0.25) is 9.59 Å². The Bertz CT molecular complexity index is 1180. The van der Waals surface area contributed by atoms with Gasteiger partial charge in [-0.1, -0.05) is 36.4 Å². The number of ether oxygens (including phenoxy) is 1. The molecule has 0 aliphatic carbocycles. The first-order valence-electron chi connectivity index (χ1n) is 9.76. The molecule has 0 heterocycles. The van der Waals surface area contributed by atoms with Gasteiger partial charge in [-0.05, 0) is 48.0 Å². The van der Waals surface area contributed by atoms with Crippen molar-refractivity contribution in [1.82, 2.24) is 4.72 Å². The van der Waals surface area contributed by atoms with Gasteiger partial charge in [0.2, 0.25) is 15.9 Å². The number of anilines is 2. The number of hydrogen-bond donors (Lipinski definition) is 3. The summed E-state index contributed by atoms with van der Waals surface area (Å²) in [7, 11) is -3.67. The van der Waals surface area contributed by atoms with Crippen LogP contribution in [0.3, 0.4) is 0 Å². The Morgan fingerprint density at radius 2 is 1.50 bits per heavy atom. The summed E-state index contributed by atoms with van der Waals surface area (Å²) in [6, 6.07) is 21.7. The minimum Gasteiger partial charge on any atom is -0.484 e. The quantitative estimate of drug-likeness (QED) is 0.461. The summed E-state index contributed by atoms with van der Waals surface area (Å²) in [6.07, 6.45) is 0. The second-order valence-corrected chi connectivity index (χ2v) is 8.65. The Labute approximate surface area is 186 Å². The van der Waals surface area contributed by atoms with Crippen molar-refractivity contribution in [1.29, 1.82) is 0 Å². The standard InChI is InChI=1S/C23H23N3O5S/c1-17(27)25-19-8-5-9-20(14-19)26-23(28)16-31-21-10-12-22(13-11-21)32(29,30)24-15-18-6-3-2-4-7-18/h2-14,24H,15-16H2,1H3,(H,25,27)(H,26,28). The molecule has 0 aromatic heterocycles. The fourth-order valence-corrected chi connectivity index (χ4v) is 3.81. The fourth-order valence-electron chi connectivity index (χ4n) is 2.80. The van der Waals surface area contributed by atoms with E-state index in [0.717, 1.165) is 5.56 Å². The second-order valence-electron chi connectivity index (χ2n) is 6.88. The molecule has 3 N–H and O–H groups in total. The Kier molecular flexibility index (Phi) is 7.58. The Morgan fingerprint density at radius 1 is 0.844 bits per heavy atom. The highest BCUT2D eigenvalue weighted by Gasteiger charge is 2.14. The summed E-state index contributed by atoms with van der Waals surface area (Å²) in [6.45, 7) is 1.32. The lowest BCUT2D eigenvalue weighted by Gasteiger charge is -2.10. The molecular formula is C23H23N3O5S. The van der Waals surface area contributed by atoms with Gasteiger partial charge in [0, 0.05) is 24.8 Å². The van der Waals surface area contributed by atoms with Crippen molar-refractivity contribution < 1.29 is 22.7 Å². The lowest BCUT2D eigenvalue weighted by Crippen LogP contribution is -2.23. The predicted octanol–water partition coefficient (Wildman–Crippen LogP) is 3.14. The largest absolute Gasteiger partial charge is 0.484 e. The average Bonchev–Trinajstić information content (AvgIpc) is 2.77. The van der Waals surface area contributed by atoms with Crippen LogP contribution in [0, 0.1) is 0 Å². The van der Waals surface area contributed by atoms with Crippen LogP contribution in [0.4, 0.5) is 11.4 Å². The van der Waals surface area contributed by atoms with E-state index in [1.54, 1.807) is 24.3 Å². The van der Waals surface area contributed by atoms with E-state index in [9.17, 15) is 18.0 Å². The van der Waals surface area contributed by atoms with E-state index in [1.807, 2.05) is 30.3 Å². The molecule has 3 aromatic rings. The number of sulfonamides is 1. The minimum absolute atomic E-state index is 0.0972. The molecule has 32 heavy (non-hydrogen) atoms. The average molecular weight is 454 g/mol. The van der Waals surface area contributed by atoms with Gasteiger partial charge in [0.1, 0.15) is 5.75 Å². The molecule has 0 bridgehead atoms.